The van der Waals surface area contributed by atoms with Gasteiger partial charge in [-0.1, -0.05) is 0 Å². The van der Waals surface area contributed by atoms with Crippen molar-refractivity contribution in [1.82, 2.24) is 10.3 Å². The van der Waals surface area contributed by atoms with Crippen molar-refractivity contribution in [3.05, 3.63) is 0 Å². The van der Waals surface area contributed by atoms with Gasteiger partial charge in [0.15, 0.2) is 0 Å². The summed E-state index contributed by atoms with van der Waals surface area (Å²) in [6, 6.07) is 0.385. The topological polar surface area (TPSA) is 50.5 Å². The van der Waals surface area contributed by atoms with E-state index in [1.54, 1.807) is 0 Å². The van der Waals surface area contributed by atoms with Gasteiger partial charge in [0.2, 0.25) is 0 Å². The average Bonchev–Trinajstić information content (AvgIpc) is 2.36. The van der Waals surface area contributed by atoms with Crippen molar-refractivity contribution < 1.29 is 4.74 Å². The first kappa shape index (κ1) is 14.6. The number of rotatable bonds is 4. The maximum atomic E-state index is 6.14. The highest BCUT2D eigenvalue weighted by atomic mass is 32.2. The van der Waals surface area contributed by atoms with Crippen LogP contribution in [0.2, 0.25) is 0 Å². The van der Waals surface area contributed by atoms with Crippen molar-refractivity contribution in [2.75, 3.05) is 38.8 Å². The summed E-state index contributed by atoms with van der Waals surface area (Å²) in [6.07, 6.45) is 4.74. The molecule has 0 aromatic carbocycles. The van der Waals surface area contributed by atoms with Crippen molar-refractivity contribution in [2.24, 2.45) is 11.8 Å². The van der Waals surface area contributed by atoms with Gasteiger partial charge in [0.25, 0.3) is 0 Å². The largest absolute Gasteiger partial charge is 0.375 e. The molecule has 0 amide bonds. The van der Waals surface area contributed by atoms with Gasteiger partial charge < -0.3 is 9.64 Å². The molecule has 0 bridgehead atoms. The van der Waals surface area contributed by atoms with Gasteiger partial charge in [0.05, 0.1) is 5.60 Å². The fourth-order valence-corrected chi connectivity index (χ4v) is 4.47. The molecule has 2 atom stereocenters. The average molecular weight is 273 g/mol. The highest BCUT2D eigenvalue weighted by molar-refractivity contribution is 7.99. The van der Waals surface area contributed by atoms with Crippen LogP contribution in [-0.4, -0.2) is 55.3 Å². The summed E-state index contributed by atoms with van der Waals surface area (Å²) in [5.41, 5.74) is 3.18. The summed E-state index contributed by atoms with van der Waals surface area (Å²) in [5.74, 6) is 8.90. The number of nitrogens with one attached hydrogen (secondary N) is 1. The van der Waals surface area contributed by atoms with E-state index in [2.05, 4.69) is 36.2 Å². The molecule has 2 rings (SSSR count). The lowest BCUT2D eigenvalue weighted by Gasteiger charge is -2.45. The van der Waals surface area contributed by atoms with E-state index in [-0.39, 0.29) is 5.60 Å². The first-order chi connectivity index (χ1) is 8.65. The Kier molecular flexibility index (Phi) is 5.33. The van der Waals surface area contributed by atoms with Crippen molar-refractivity contribution in [3.63, 3.8) is 0 Å². The van der Waals surface area contributed by atoms with Crippen LogP contribution in [0.25, 0.3) is 0 Å². The van der Waals surface area contributed by atoms with Gasteiger partial charge in [0, 0.05) is 19.2 Å². The molecule has 2 heterocycles. The van der Waals surface area contributed by atoms with Gasteiger partial charge in [-0.3, -0.25) is 11.3 Å². The molecule has 1 spiro atoms. The first-order valence-corrected chi connectivity index (χ1v) is 8.13. The van der Waals surface area contributed by atoms with Crippen LogP contribution in [-0.2, 0) is 4.74 Å². The second kappa shape index (κ2) is 6.57. The first-order valence-electron chi connectivity index (χ1n) is 6.98. The van der Waals surface area contributed by atoms with Crippen molar-refractivity contribution >= 4 is 11.8 Å². The highest BCUT2D eigenvalue weighted by Gasteiger charge is 2.40. The fourth-order valence-electron chi connectivity index (χ4n) is 3.23. The zero-order valence-electron chi connectivity index (χ0n) is 11.7. The Labute approximate surface area is 115 Å². The summed E-state index contributed by atoms with van der Waals surface area (Å²) in [4.78, 5) is 2.21. The molecule has 2 fully saturated rings. The molecule has 18 heavy (non-hydrogen) atoms. The molecule has 3 N–H and O–H groups in total. The maximum absolute atomic E-state index is 6.14. The minimum Gasteiger partial charge on any atom is -0.375 e. The third-order valence-corrected chi connectivity index (χ3v) is 5.27. The predicted molar refractivity (Wildman–Crippen MR) is 77.6 cm³/mol. The Morgan fingerprint density at radius 3 is 2.78 bits per heavy atom. The Morgan fingerprint density at radius 2 is 2.17 bits per heavy atom. The number of nitrogens with two attached hydrogens (primary N) is 1. The molecule has 2 aliphatic rings. The summed E-state index contributed by atoms with van der Waals surface area (Å²) in [7, 11) is 4.22. The number of thioether (sulfide) groups is 1. The smallest absolute Gasteiger partial charge is 0.0701 e. The van der Waals surface area contributed by atoms with E-state index in [4.69, 9.17) is 10.6 Å². The summed E-state index contributed by atoms with van der Waals surface area (Å²) in [5, 5.41) is 0. The standard InChI is InChI=1S/C13H27N3OS/c1-16(2)10-12(15-14)11-3-6-17-13(9-11)4-7-18-8-5-13/h11-12,15H,3-10,14H2,1-2H3. The number of hydrogen-bond acceptors (Lipinski definition) is 5. The van der Waals surface area contributed by atoms with Gasteiger partial charge >= 0.3 is 0 Å². The minimum atomic E-state index is 0.162. The highest BCUT2D eigenvalue weighted by Crippen LogP contribution is 2.40. The van der Waals surface area contributed by atoms with E-state index in [1.165, 1.54) is 30.8 Å². The van der Waals surface area contributed by atoms with Gasteiger partial charge in [0.1, 0.15) is 0 Å². The van der Waals surface area contributed by atoms with Crippen molar-refractivity contribution in [3.8, 4) is 0 Å². The second-order valence-corrected chi connectivity index (χ2v) is 7.16. The molecule has 2 aliphatic heterocycles. The fraction of sp³-hybridized carbons (Fsp3) is 1.00. The molecule has 4 nitrogen and oxygen atoms in total. The molecule has 2 unspecified atom stereocenters. The lowest BCUT2D eigenvalue weighted by atomic mass is 9.78. The normalized spacial score (nSPS) is 29.7. The second-order valence-electron chi connectivity index (χ2n) is 5.93. The van der Waals surface area contributed by atoms with Gasteiger partial charge in [-0.2, -0.15) is 11.8 Å². The molecule has 0 saturated carbocycles. The Bertz CT molecular complexity index is 251. The zero-order valence-corrected chi connectivity index (χ0v) is 12.5. The number of hydrogen-bond donors (Lipinski definition) is 2. The van der Waals surface area contributed by atoms with Crippen molar-refractivity contribution in [2.45, 2.75) is 37.3 Å². The van der Waals surface area contributed by atoms with Crippen LogP contribution in [0, 0.1) is 5.92 Å². The van der Waals surface area contributed by atoms with Crippen LogP contribution in [0.3, 0.4) is 0 Å². The molecule has 0 aromatic rings. The predicted octanol–water partition coefficient (Wildman–Crippen LogP) is 1.07. The number of ether oxygens (including phenoxy) is 1. The molecule has 0 aromatic heterocycles. The Hall–Kier alpha value is 0.190. The van der Waals surface area contributed by atoms with Gasteiger partial charge in [-0.15, -0.1) is 0 Å². The van der Waals surface area contributed by atoms with Gasteiger partial charge in [-0.05, 0) is 57.2 Å². The van der Waals surface area contributed by atoms with E-state index >= 15 is 0 Å². The van der Waals surface area contributed by atoms with Crippen LogP contribution < -0.4 is 11.3 Å². The van der Waals surface area contributed by atoms with Crippen molar-refractivity contribution in [1.29, 1.82) is 0 Å². The quantitative estimate of drug-likeness (QED) is 0.593. The molecule has 106 valence electrons. The molecule has 0 radical (unpaired) electrons. The van der Waals surface area contributed by atoms with Crippen LogP contribution >= 0.6 is 11.8 Å². The van der Waals surface area contributed by atoms with E-state index in [0.29, 0.717) is 12.0 Å². The van der Waals surface area contributed by atoms with E-state index in [9.17, 15) is 0 Å². The number of nitrogens with zero attached hydrogens (tertiary/aromatic N) is 1. The summed E-state index contributed by atoms with van der Waals surface area (Å²) in [6.45, 7) is 1.91. The van der Waals surface area contributed by atoms with Crippen LogP contribution in [0.1, 0.15) is 25.7 Å². The Morgan fingerprint density at radius 1 is 1.44 bits per heavy atom. The summed E-state index contributed by atoms with van der Waals surface area (Å²) >= 11 is 2.06. The lowest BCUT2D eigenvalue weighted by molar-refractivity contribution is -0.108. The van der Waals surface area contributed by atoms with E-state index in [1.807, 2.05) is 0 Å². The Balaban J connectivity index is 1.96. The molecule has 2 saturated heterocycles. The molecule has 5 heteroatoms. The van der Waals surface area contributed by atoms with E-state index < -0.39 is 0 Å². The number of hydrazine groups is 1. The molecular weight excluding hydrogens is 246 g/mol. The van der Waals surface area contributed by atoms with E-state index in [0.717, 1.165) is 19.6 Å². The lowest BCUT2D eigenvalue weighted by Crippen LogP contribution is -2.53. The van der Waals surface area contributed by atoms with Gasteiger partial charge in [-0.25, -0.2) is 0 Å². The van der Waals surface area contributed by atoms with Crippen LogP contribution in [0.5, 0.6) is 0 Å². The van der Waals surface area contributed by atoms with Crippen LogP contribution in [0.4, 0.5) is 0 Å². The van der Waals surface area contributed by atoms with Crippen LogP contribution in [0.15, 0.2) is 0 Å². The SMILES string of the molecule is CN(C)CC(NN)C1CCOC2(CCSCC2)C1. The third-order valence-electron chi connectivity index (χ3n) is 4.28. The zero-order chi connectivity index (χ0) is 13.0. The molecule has 0 aliphatic carbocycles. The molecular formula is C13H27N3OS. The number of likely N-dealkylation sites (N-methyl/N-ethyl adjacent to an activating group) is 1. The third kappa shape index (κ3) is 3.61. The minimum absolute atomic E-state index is 0.162. The maximum Gasteiger partial charge on any atom is 0.0701 e. The summed E-state index contributed by atoms with van der Waals surface area (Å²) < 4.78 is 6.14. The monoisotopic (exact) mass is 273 g/mol.